The van der Waals surface area contributed by atoms with E-state index in [1.807, 2.05) is 6.92 Å². The lowest BCUT2D eigenvalue weighted by atomic mass is 10.2. The van der Waals surface area contributed by atoms with Crippen LogP contribution in [0.2, 0.25) is 5.02 Å². The van der Waals surface area contributed by atoms with E-state index in [-0.39, 0.29) is 11.1 Å². The van der Waals surface area contributed by atoms with Crippen molar-refractivity contribution < 1.29 is 8.60 Å². The third-order valence-electron chi connectivity index (χ3n) is 2.33. The van der Waals surface area contributed by atoms with Gasteiger partial charge in [0.2, 0.25) is 0 Å². The first-order valence-electron chi connectivity index (χ1n) is 5.05. The molecule has 0 spiro atoms. The molecular formula is C11H15ClFNOS. The van der Waals surface area contributed by atoms with Crippen LogP contribution >= 0.6 is 11.6 Å². The lowest BCUT2D eigenvalue weighted by molar-refractivity contribution is 0.627. The average Bonchev–Trinajstić information content (AvgIpc) is 2.22. The van der Waals surface area contributed by atoms with Gasteiger partial charge in [-0.05, 0) is 30.7 Å². The molecule has 0 aliphatic heterocycles. The van der Waals surface area contributed by atoms with Crippen molar-refractivity contribution in [2.24, 2.45) is 5.73 Å². The van der Waals surface area contributed by atoms with Crippen molar-refractivity contribution in [3.8, 4) is 0 Å². The fourth-order valence-electron chi connectivity index (χ4n) is 1.30. The summed E-state index contributed by atoms with van der Waals surface area (Å²) in [6.45, 7) is 2.41. The molecule has 0 radical (unpaired) electrons. The largest absolute Gasteiger partial charge is 0.330 e. The average molecular weight is 264 g/mol. The summed E-state index contributed by atoms with van der Waals surface area (Å²) in [5.41, 5.74) is 6.11. The van der Waals surface area contributed by atoms with E-state index >= 15 is 0 Å². The SMILES string of the molecule is CC(CCN)S(=O)Cc1ccc(F)cc1Cl. The fourth-order valence-corrected chi connectivity index (χ4v) is 2.86. The molecule has 0 heterocycles. The molecule has 16 heavy (non-hydrogen) atoms. The molecule has 2 atom stereocenters. The zero-order valence-corrected chi connectivity index (χ0v) is 10.7. The first kappa shape index (κ1) is 13.6. The molecule has 1 aromatic carbocycles. The van der Waals surface area contributed by atoms with Crippen molar-refractivity contribution in [3.63, 3.8) is 0 Å². The summed E-state index contributed by atoms with van der Waals surface area (Å²) in [7, 11) is -1.02. The van der Waals surface area contributed by atoms with Crippen LogP contribution < -0.4 is 5.73 Å². The standard InChI is InChI=1S/C11H15ClFNOS/c1-8(4-5-14)16(15)7-9-2-3-10(13)6-11(9)12/h2-3,6,8H,4-5,7,14H2,1H3. The zero-order valence-electron chi connectivity index (χ0n) is 9.08. The number of hydrogen-bond donors (Lipinski definition) is 1. The Bertz CT molecular complexity index is 386. The van der Waals surface area contributed by atoms with E-state index in [1.165, 1.54) is 12.1 Å². The Morgan fingerprint density at radius 2 is 2.25 bits per heavy atom. The molecule has 1 aromatic rings. The van der Waals surface area contributed by atoms with Gasteiger partial charge in [0, 0.05) is 21.1 Å². The van der Waals surface area contributed by atoms with E-state index in [0.717, 1.165) is 0 Å². The van der Waals surface area contributed by atoms with Crippen LogP contribution in [0.25, 0.3) is 0 Å². The number of hydrogen-bond acceptors (Lipinski definition) is 2. The van der Waals surface area contributed by atoms with Gasteiger partial charge in [-0.2, -0.15) is 0 Å². The van der Waals surface area contributed by atoms with Crippen molar-refractivity contribution in [3.05, 3.63) is 34.6 Å². The van der Waals surface area contributed by atoms with Gasteiger partial charge in [-0.1, -0.05) is 24.6 Å². The van der Waals surface area contributed by atoms with Gasteiger partial charge in [-0.3, -0.25) is 4.21 Å². The first-order chi connectivity index (χ1) is 7.54. The van der Waals surface area contributed by atoms with Crippen LogP contribution in [0.5, 0.6) is 0 Å². The minimum Gasteiger partial charge on any atom is -0.330 e. The van der Waals surface area contributed by atoms with E-state index in [1.54, 1.807) is 6.07 Å². The monoisotopic (exact) mass is 263 g/mol. The fraction of sp³-hybridized carbons (Fsp3) is 0.455. The Balaban J connectivity index is 2.69. The molecule has 0 aromatic heterocycles. The summed E-state index contributed by atoms with van der Waals surface area (Å²) in [4.78, 5) is 0. The highest BCUT2D eigenvalue weighted by Gasteiger charge is 2.12. The highest BCUT2D eigenvalue weighted by atomic mass is 35.5. The number of benzene rings is 1. The second-order valence-corrected chi connectivity index (χ2v) is 5.91. The Hall–Kier alpha value is -0.450. The number of nitrogens with two attached hydrogens (primary N) is 1. The summed E-state index contributed by atoms with van der Waals surface area (Å²) in [5, 5.41) is 0.361. The number of halogens is 2. The Kier molecular flexibility index (Phi) is 5.38. The summed E-state index contributed by atoms with van der Waals surface area (Å²) >= 11 is 5.86. The van der Waals surface area contributed by atoms with Crippen LogP contribution in [-0.2, 0) is 16.6 Å². The third kappa shape index (κ3) is 3.85. The van der Waals surface area contributed by atoms with Gasteiger partial charge in [-0.25, -0.2) is 4.39 Å². The maximum atomic E-state index is 12.8. The molecule has 2 unspecified atom stereocenters. The van der Waals surface area contributed by atoms with Crippen LogP contribution in [0.3, 0.4) is 0 Å². The maximum absolute atomic E-state index is 12.8. The topological polar surface area (TPSA) is 43.1 Å². The molecular weight excluding hydrogens is 249 g/mol. The highest BCUT2D eigenvalue weighted by Crippen LogP contribution is 2.20. The van der Waals surface area contributed by atoms with Crippen LogP contribution in [0.15, 0.2) is 18.2 Å². The minimum atomic E-state index is -1.02. The zero-order chi connectivity index (χ0) is 12.1. The van der Waals surface area contributed by atoms with Crippen LogP contribution in [0, 0.1) is 5.82 Å². The normalized spacial score (nSPS) is 14.8. The molecule has 90 valence electrons. The first-order valence-corrected chi connectivity index (χ1v) is 6.81. The molecule has 2 nitrogen and oxygen atoms in total. The van der Waals surface area contributed by atoms with Crippen molar-refractivity contribution in [2.75, 3.05) is 6.54 Å². The molecule has 0 aliphatic carbocycles. The van der Waals surface area contributed by atoms with Gasteiger partial charge < -0.3 is 5.73 Å². The predicted octanol–water partition coefficient (Wildman–Crippen LogP) is 2.47. The molecule has 0 saturated carbocycles. The summed E-state index contributed by atoms with van der Waals surface area (Å²) in [6.07, 6.45) is 0.714. The van der Waals surface area contributed by atoms with Crippen LogP contribution in [0.4, 0.5) is 4.39 Å². The van der Waals surface area contributed by atoms with Crippen molar-refractivity contribution in [1.29, 1.82) is 0 Å². The lowest BCUT2D eigenvalue weighted by Crippen LogP contribution is -2.17. The van der Waals surface area contributed by atoms with Crippen LogP contribution in [0.1, 0.15) is 18.9 Å². The van der Waals surface area contributed by atoms with Gasteiger partial charge in [0.25, 0.3) is 0 Å². The van der Waals surface area contributed by atoms with Crippen molar-refractivity contribution in [1.82, 2.24) is 0 Å². The van der Waals surface area contributed by atoms with Gasteiger partial charge in [0.15, 0.2) is 0 Å². The molecule has 5 heteroatoms. The molecule has 0 saturated heterocycles. The smallest absolute Gasteiger partial charge is 0.124 e. The van der Waals surface area contributed by atoms with Crippen molar-refractivity contribution in [2.45, 2.75) is 24.3 Å². The highest BCUT2D eigenvalue weighted by molar-refractivity contribution is 7.84. The van der Waals surface area contributed by atoms with Crippen LogP contribution in [-0.4, -0.2) is 16.0 Å². The van der Waals surface area contributed by atoms with Gasteiger partial charge in [-0.15, -0.1) is 0 Å². The Morgan fingerprint density at radius 3 is 2.81 bits per heavy atom. The van der Waals surface area contributed by atoms with E-state index in [0.29, 0.717) is 29.3 Å². The minimum absolute atomic E-state index is 0.0334. The van der Waals surface area contributed by atoms with E-state index in [2.05, 4.69) is 0 Å². The second kappa shape index (κ2) is 6.33. The summed E-state index contributed by atoms with van der Waals surface area (Å²) in [5.74, 6) is -0.0326. The molecule has 0 bridgehead atoms. The predicted molar refractivity (Wildman–Crippen MR) is 66.4 cm³/mol. The van der Waals surface area contributed by atoms with Crippen molar-refractivity contribution >= 4 is 22.4 Å². The summed E-state index contributed by atoms with van der Waals surface area (Å²) < 4.78 is 24.6. The Morgan fingerprint density at radius 1 is 1.56 bits per heavy atom. The molecule has 0 aliphatic rings. The van der Waals surface area contributed by atoms with E-state index < -0.39 is 10.8 Å². The third-order valence-corrected chi connectivity index (χ3v) is 4.42. The molecule has 2 N–H and O–H groups in total. The quantitative estimate of drug-likeness (QED) is 0.887. The maximum Gasteiger partial charge on any atom is 0.124 e. The molecule has 0 amide bonds. The molecule has 0 fully saturated rings. The second-order valence-electron chi connectivity index (χ2n) is 3.65. The van der Waals surface area contributed by atoms with E-state index in [9.17, 15) is 8.60 Å². The molecule has 1 rings (SSSR count). The lowest BCUT2D eigenvalue weighted by Gasteiger charge is -2.10. The van der Waals surface area contributed by atoms with Gasteiger partial charge in [0.1, 0.15) is 5.82 Å². The van der Waals surface area contributed by atoms with E-state index in [4.69, 9.17) is 17.3 Å². The number of rotatable bonds is 5. The Labute approximate surface area is 102 Å². The van der Waals surface area contributed by atoms with Gasteiger partial charge >= 0.3 is 0 Å². The van der Waals surface area contributed by atoms with Gasteiger partial charge in [0.05, 0.1) is 5.75 Å². The summed E-state index contributed by atoms with van der Waals surface area (Å²) in [6, 6.07) is 4.14.